The van der Waals surface area contributed by atoms with Gasteiger partial charge in [-0.25, -0.2) is 0 Å². The molecular weight excluding hydrogens is 636 g/mol. The van der Waals surface area contributed by atoms with E-state index in [4.69, 9.17) is 0 Å². The number of hydrogen-bond acceptors (Lipinski definition) is 2. The van der Waals surface area contributed by atoms with Crippen molar-refractivity contribution in [1.29, 1.82) is 0 Å². The smallest absolute Gasteiger partial charge is 0.376 e. The molecule has 0 saturated heterocycles. The zero-order valence-electron chi connectivity index (χ0n) is 15.3. The molecule has 3 unspecified atom stereocenters. The molecule has 182 valence electrons. The van der Waals surface area contributed by atoms with Crippen molar-refractivity contribution in [2.75, 3.05) is 0 Å². The third-order valence-corrected chi connectivity index (χ3v) is 6.03. The normalized spacial score (nSPS) is 28.2. The third kappa shape index (κ3) is 4.37. The van der Waals surface area contributed by atoms with Gasteiger partial charge in [0, 0.05) is 21.1 Å². The predicted octanol–water partition coefficient (Wildman–Crippen LogP) is 5.26. The molecule has 0 amide bonds. The zero-order chi connectivity index (χ0) is 23.8. The van der Waals surface area contributed by atoms with Crippen molar-refractivity contribution in [3.05, 3.63) is 18.1 Å². The average molecular weight is 651 g/mol. The average Bonchev–Trinajstić information content (AvgIpc) is 3.04. The maximum atomic E-state index is 13.1. The van der Waals surface area contributed by atoms with E-state index in [-0.39, 0.29) is 27.5 Å². The van der Waals surface area contributed by atoms with Crippen molar-refractivity contribution in [2.24, 2.45) is 17.3 Å². The fraction of sp³-hybridized carbons (Fsp3) is 0.812. The summed E-state index contributed by atoms with van der Waals surface area (Å²) in [5.41, 5.74) is -13.3. The molecule has 1 saturated carbocycles. The van der Waals surface area contributed by atoms with E-state index in [0.717, 1.165) is 12.2 Å². The van der Waals surface area contributed by atoms with Gasteiger partial charge in [0.05, 0.1) is 0 Å². The number of aliphatic hydroxyl groups is 2. The van der Waals surface area contributed by atoms with Crippen LogP contribution in [0.2, 0.25) is 0 Å². The van der Waals surface area contributed by atoms with Gasteiger partial charge in [0.25, 0.3) is 5.60 Å². The van der Waals surface area contributed by atoms with Crippen LogP contribution in [0.25, 0.3) is 0 Å². The largest absolute Gasteiger partial charge is 0.426 e. The Morgan fingerprint density at radius 3 is 1.52 bits per heavy atom. The van der Waals surface area contributed by atoms with E-state index in [1.807, 2.05) is 0 Å². The molecule has 2 aliphatic carbocycles. The van der Waals surface area contributed by atoms with E-state index in [9.17, 15) is 62.9 Å². The van der Waals surface area contributed by atoms with Crippen LogP contribution in [0.4, 0.5) is 52.7 Å². The molecule has 2 N–H and O–H groups in total. The van der Waals surface area contributed by atoms with E-state index >= 15 is 0 Å². The first kappa shape index (κ1) is 28.5. The van der Waals surface area contributed by atoms with Gasteiger partial charge in [0.15, 0.2) is 0 Å². The number of hydrogen-bond donors (Lipinski definition) is 2. The summed E-state index contributed by atoms with van der Waals surface area (Å²) in [5, 5.41) is 18.9. The van der Waals surface area contributed by atoms with Gasteiger partial charge < -0.3 is 10.2 Å². The van der Waals surface area contributed by atoms with Crippen molar-refractivity contribution >= 4 is 0 Å². The molecule has 15 heteroatoms. The molecule has 31 heavy (non-hydrogen) atoms. The zero-order valence-corrected chi connectivity index (χ0v) is 18.2. The Bertz CT molecular complexity index is 665. The number of alkyl halides is 12. The number of fused-ring (bicyclic) bond motifs is 2. The van der Waals surface area contributed by atoms with E-state index in [2.05, 4.69) is 0 Å². The van der Waals surface area contributed by atoms with Gasteiger partial charge in [-0.15, -0.1) is 23.8 Å². The molecule has 0 radical (unpaired) electrons. The van der Waals surface area contributed by atoms with Crippen LogP contribution >= 0.6 is 0 Å². The third-order valence-electron chi connectivity index (χ3n) is 6.03. The van der Waals surface area contributed by atoms with Gasteiger partial charge in [-0.05, 0) is 12.3 Å². The summed E-state index contributed by atoms with van der Waals surface area (Å²) in [6.07, 6.45) is -28.0. The first-order valence-corrected chi connectivity index (χ1v) is 8.27. The Balaban J connectivity index is 0.00000480. The summed E-state index contributed by atoms with van der Waals surface area (Å²) < 4.78 is 157. The molecule has 0 aliphatic heterocycles. The minimum absolute atomic E-state index is 0. The van der Waals surface area contributed by atoms with Crippen LogP contribution in [-0.2, 0) is 21.1 Å². The molecular formula is C16H15F12O2W-. The Labute approximate surface area is 181 Å². The minimum atomic E-state index is -6.31. The van der Waals surface area contributed by atoms with Crippen LogP contribution in [0.1, 0.15) is 26.2 Å². The summed E-state index contributed by atoms with van der Waals surface area (Å²) in [7, 11) is 0. The summed E-state index contributed by atoms with van der Waals surface area (Å²) >= 11 is 0. The fourth-order valence-electron chi connectivity index (χ4n) is 4.20. The van der Waals surface area contributed by atoms with Crippen LogP contribution < -0.4 is 0 Å². The van der Waals surface area contributed by atoms with E-state index in [1.54, 1.807) is 0 Å². The van der Waals surface area contributed by atoms with E-state index < -0.39 is 71.9 Å². The van der Waals surface area contributed by atoms with Gasteiger partial charge in [-0.1, -0.05) is 19.4 Å². The second-order valence-electron chi connectivity index (χ2n) is 7.84. The van der Waals surface area contributed by atoms with E-state index in [1.165, 1.54) is 0 Å². The molecule has 2 rings (SSSR count). The van der Waals surface area contributed by atoms with Gasteiger partial charge in [-0.3, -0.25) is 5.92 Å². The summed E-state index contributed by atoms with van der Waals surface area (Å²) in [5.74, 6) is -3.60. The molecule has 0 aromatic rings. The number of rotatable bonds is 4. The summed E-state index contributed by atoms with van der Waals surface area (Å²) in [4.78, 5) is 0. The van der Waals surface area contributed by atoms with Crippen LogP contribution in [0, 0.1) is 23.2 Å². The first-order chi connectivity index (χ1) is 13.0. The molecule has 3 atom stereocenters. The Morgan fingerprint density at radius 2 is 1.16 bits per heavy atom. The molecule has 2 bridgehead atoms. The predicted molar refractivity (Wildman–Crippen MR) is 75.4 cm³/mol. The Hall–Kier alpha value is -0.492. The second-order valence-corrected chi connectivity index (χ2v) is 7.84. The van der Waals surface area contributed by atoms with Crippen LogP contribution in [-0.4, -0.2) is 46.1 Å². The minimum Gasteiger partial charge on any atom is -0.376 e. The molecule has 0 aromatic carbocycles. The van der Waals surface area contributed by atoms with Gasteiger partial charge in [0.2, 0.25) is 5.60 Å². The maximum absolute atomic E-state index is 13.1. The van der Waals surface area contributed by atoms with Gasteiger partial charge in [-0.2, -0.15) is 52.7 Å². The van der Waals surface area contributed by atoms with Crippen molar-refractivity contribution in [3.63, 3.8) is 0 Å². The van der Waals surface area contributed by atoms with Gasteiger partial charge >= 0.3 is 24.7 Å². The van der Waals surface area contributed by atoms with Crippen molar-refractivity contribution in [2.45, 2.75) is 62.1 Å². The molecule has 0 heterocycles. The SMILES string of the molecule is CC1(CC(O)(C(F)(F)F)C(F)(F)F)[C-](CC(O)(C(F)(F)F)C(F)(F)F)C2C=CC1C2.[W]. The van der Waals surface area contributed by atoms with Gasteiger partial charge in [0.1, 0.15) is 0 Å². The standard InChI is InChI=1S/C16H15F12O2.W/c1-10(6-12(30,15(23,24)25)16(26,27)28)8-3-2-7(4-8)9(10)5-11(29,13(17,18)19)14(20,21)22;/h2-3,7-8,29-30H,4-6H2,1H3;/q-1;. The Morgan fingerprint density at radius 1 is 0.774 bits per heavy atom. The Kier molecular flexibility index (Phi) is 7.17. The maximum Gasteiger partial charge on any atom is 0.426 e. The van der Waals surface area contributed by atoms with Crippen molar-refractivity contribution < 1.29 is 84.0 Å². The molecule has 2 aliphatic rings. The van der Waals surface area contributed by atoms with Crippen LogP contribution in [0.5, 0.6) is 0 Å². The number of halogens is 12. The van der Waals surface area contributed by atoms with Crippen molar-refractivity contribution in [3.8, 4) is 0 Å². The van der Waals surface area contributed by atoms with Crippen molar-refractivity contribution in [1.82, 2.24) is 0 Å². The summed E-state index contributed by atoms with van der Waals surface area (Å²) in [6, 6.07) is 0. The summed E-state index contributed by atoms with van der Waals surface area (Å²) in [6.45, 7) is 0.631. The molecule has 2 nitrogen and oxygen atoms in total. The topological polar surface area (TPSA) is 40.5 Å². The van der Waals surface area contributed by atoms with Crippen LogP contribution in [0.15, 0.2) is 12.2 Å². The second kappa shape index (κ2) is 7.78. The van der Waals surface area contributed by atoms with Crippen LogP contribution in [0.3, 0.4) is 0 Å². The monoisotopic (exact) mass is 651 g/mol. The quantitative estimate of drug-likeness (QED) is 0.248. The molecule has 0 spiro atoms. The van der Waals surface area contributed by atoms with E-state index in [0.29, 0.717) is 6.92 Å². The number of allylic oxidation sites excluding steroid dienone is 2. The molecule has 0 aromatic heterocycles. The first-order valence-electron chi connectivity index (χ1n) is 8.27. The molecule has 1 fully saturated rings. The fourth-order valence-corrected chi connectivity index (χ4v) is 4.20.